The summed E-state index contributed by atoms with van der Waals surface area (Å²) in [6.45, 7) is 5.01. The molecule has 2 N–H and O–H groups in total. The molecule has 0 bridgehead atoms. The Labute approximate surface area is 104 Å². The molecule has 0 saturated carbocycles. The van der Waals surface area contributed by atoms with Gasteiger partial charge < -0.3 is 24.5 Å². The van der Waals surface area contributed by atoms with Crippen molar-refractivity contribution in [1.82, 2.24) is 0 Å². The largest absolute Gasteiger partial charge is 0.500 e. The molecule has 1 unspecified atom stereocenters. The third-order valence-electron chi connectivity index (χ3n) is 1.73. The van der Waals surface area contributed by atoms with Crippen molar-refractivity contribution in [1.29, 1.82) is 0 Å². The standard InChI is InChI=1S/C8H7O7.Re/c1-4-6(11)15-8(14-4,7(12)13)3-2-5(9)10;/h1H,2-3H2,(H,9,10)(H,12,13);/q-1;. The van der Waals surface area contributed by atoms with Crippen molar-refractivity contribution in [3.05, 3.63) is 12.3 Å². The Morgan fingerprint density at radius 1 is 1.31 bits per heavy atom. The fourth-order valence-corrected chi connectivity index (χ4v) is 1.01. The number of rotatable bonds is 4. The second-order valence-corrected chi connectivity index (χ2v) is 2.81. The fourth-order valence-electron chi connectivity index (χ4n) is 1.01. The van der Waals surface area contributed by atoms with Crippen LogP contribution in [-0.2, 0) is 44.3 Å². The molecule has 8 heteroatoms. The Balaban J connectivity index is 0.00000225. The van der Waals surface area contributed by atoms with Gasteiger partial charge in [0, 0.05) is 32.6 Å². The second kappa shape index (κ2) is 5.10. The molecule has 0 amide bonds. The van der Waals surface area contributed by atoms with Crippen LogP contribution >= 0.6 is 0 Å². The van der Waals surface area contributed by atoms with Gasteiger partial charge in [-0.2, -0.15) is 0 Å². The first-order valence-corrected chi connectivity index (χ1v) is 3.87. The van der Waals surface area contributed by atoms with Crippen molar-refractivity contribution >= 4 is 17.9 Å². The summed E-state index contributed by atoms with van der Waals surface area (Å²) in [7, 11) is 0. The smallest absolute Gasteiger partial charge is 0.388 e. The van der Waals surface area contributed by atoms with Crippen molar-refractivity contribution < 1.29 is 54.5 Å². The number of esters is 1. The van der Waals surface area contributed by atoms with Gasteiger partial charge in [-0.3, -0.25) is 4.79 Å². The summed E-state index contributed by atoms with van der Waals surface area (Å²) in [5, 5.41) is 17.1. The molecule has 1 aliphatic rings. The van der Waals surface area contributed by atoms with E-state index < -0.39 is 42.3 Å². The van der Waals surface area contributed by atoms with E-state index in [1.54, 1.807) is 0 Å². The maximum atomic E-state index is 10.8. The first-order valence-electron chi connectivity index (χ1n) is 3.87. The number of ether oxygens (including phenoxy) is 2. The third kappa shape index (κ3) is 2.81. The van der Waals surface area contributed by atoms with Crippen molar-refractivity contribution in [2.24, 2.45) is 0 Å². The first-order chi connectivity index (χ1) is 6.87. The summed E-state index contributed by atoms with van der Waals surface area (Å²) in [6.07, 6.45) is -1.03. The summed E-state index contributed by atoms with van der Waals surface area (Å²) >= 11 is 0. The molecular formula is C8H7O7Re-. The van der Waals surface area contributed by atoms with Gasteiger partial charge in [0.1, 0.15) is 0 Å². The monoisotopic (exact) mass is 402 g/mol. The van der Waals surface area contributed by atoms with E-state index in [2.05, 4.69) is 9.47 Å². The van der Waals surface area contributed by atoms with Gasteiger partial charge in [0.25, 0.3) is 0 Å². The topological polar surface area (TPSA) is 110 Å². The van der Waals surface area contributed by atoms with Crippen LogP contribution in [0.15, 0.2) is 5.76 Å². The molecule has 1 heterocycles. The molecule has 0 spiro atoms. The minimum Gasteiger partial charge on any atom is -0.500 e. The van der Waals surface area contributed by atoms with Crippen molar-refractivity contribution in [3.8, 4) is 0 Å². The minimum atomic E-state index is -2.31. The van der Waals surface area contributed by atoms with Crippen LogP contribution in [0, 0.1) is 6.58 Å². The summed E-state index contributed by atoms with van der Waals surface area (Å²) in [5.74, 6) is -6.94. The summed E-state index contributed by atoms with van der Waals surface area (Å²) < 4.78 is 8.92. The van der Waals surface area contributed by atoms with Gasteiger partial charge in [-0.1, -0.05) is 0 Å². The summed E-state index contributed by atoms with van der Waals surface area (Å²) in [4.78, 5) is 31.8. The van der Waals surface area contributed by atoms with Crippen LogP contribution < -0.4 is 0 Å². The van der Waals surface area contributed by atoms with Crippen molar-refractivity contribution in [2.45, 2.75) is 18.6 Å². The fraction of sp³-hybridized carbons (Fsp3) is 0.375. The van der Waals surface area contributed by atoms with Crippen LogP contribution in [0.25, 0.3) is 0 Å². The van der Waals surface area contributed by atoms with Crippen LogP contribution in [0.5, 0.6) is 0 Å². The van der Waals surface area contributed by atoms with Gasteiger partial charge in [0.15, 0.2) is 0 Å². The third-order valence-corrected chi connectivity index (χ3v) is 1.73. The zero-order valence-corrected chi connectivity index (χ0v) is 10.5. The molecule has 0 aliphatic carbocycles. The molecule has 1 aliphatic heterocycles. The molecule has 0 aromatic rings. The number of hydrogen-bond donors (Lipinski definition) is 2. The number of carbonyl (C=O) groups excluding carboxylic acids is 1. The Hall–Kier alpha value is -1.39. The van der Waals surface area contributed by atoms with Crippen LogP contribution in [-0.4, -0.2) is 33.9 Å². The molecule has 89 valence electrons. The van der Waals surface area contributed by atoms with Gasteiger partial charge >= 0.3 is 17.7 Å². The number of carbonyl (C=O) groups is 3. The molecule has 7 nitrogen and oxygen atoms in total. The van der Waals surface area contributed by atoms with E-state index in [1.165, 1.54) is 0 Å². The predicted molar refractivity (Wildman–Crippen MR) is 42.2 cm³/mol. The maximum Gasteiger partial charge on any atom is 0.388 e. The van der Waals surface area contributed by atoms with E-state index in [1.807, 2.05) is 0 Å². The average molecular weight is 401 g/mol. The van der Waals surface area contributed by atoms with E-state index >= 15 is 0 Å². The number of cyclic esters (lactones) is 1. The first kappa shape index (κ1) is 14.6. The van der Waals surface area contributed by atoms with Gasteiger partial charge in [-0.15, -0.1) is 0 Å². The van der Waals surface area contributed by atoms with Crippen LogP contribution in [0.4, 0.5) is 0 Å². The quantitative estimate of drug-likeness (QED) is 0.372. The molecule has 1 fully saturated rings. The Morgan fingerprint density at radius 2 is 1.88 bits per heavy atom. The van der Waals surface area contributed by atoms with E-state index in [-0.39, 0.29) is 20.4 Å². The molecule has 16 heavy (non-hydrogen) atoms. The second-order valence-electron chi connectivity index (χ2n) is 2.81. The van der Waals surface area contributed by atoms with Crippen molar-refractivity contribution in [3.63, 3.8) is 0 Å². The zero-order chi connectivity index (χ0) is 11.6. The predicted octanol–water partition coefficient (Wildman–Crippen LogP) is -0.480. The van der Waals surface area contributed by atoms with Gasteiger partial charge in [0.2, 0.25) is 5.97 Å². The molecular weight excluding hydrogens is 394 g/mol. The van der Waals surface area contributed by atoms with Gasteiger partial charge in [0.05, 0.1) is 6.42 Å². The molecule has 0 aromatic carbocycles. The van der Waals surface area contributed by atoms with E-state index in [0.717, 1.165) is 0 Å². The zero-order valence-electron chi connectivity index (χ0n) is 7.81. The SMILES string of the molecule is [CH-]=C1OC(CCC(=O)O)(C(=O)O)OC1=O.[Re]. The number of carboxylic acid groups (broad SMARTS) is 2. The van der Waals surface area contributed by atoms with E-state index in [9.17, 15) is 14.4 Å². The maximum absolute atomic E-state index is 10.8. The Morgan fingerprint density at radius 3 is 2.19 bits per heavy atom. The van der Waals surface area contributed by atoms with Crippen LogP contribution in [0.2, 0.25) is 0 Å². The Kier molecular flexibility index (Phi) is 4.65. The normalized spacial score (nSPS) is 23.0. The molecule has 1 radical (unpaired) electrons. The van der Waals surface area contributed by atoms with Crippen molar-refractivity contribution in [2.75, 3.05) is 0 Å². The minimum absolute atomic E-state index is 0. The summed E-state index contributed by atoms with van der Waals surface area (Å²) in [6, 6.07) is 0. The molecule has 1 atom stereocenters. The van der Waals surface area contributed by atoms with Crippen LogP contribution in [0.1, 0.15) is 12.8 Å². The number of aliphatic carboxylic acids is 2. The molecule has 1 rings (SSSR count). The van der Waals surface area contributed by atoms with Gasteiger partial charge in [-0.05, 0) is 0 Å². The molecule has 1 saturated heterocycles. The number of carboxylic acids is 2. The Bertz CT molecular complexity index is 332. The van der Waals surface area contributed by atoms with E-state index in [0.29, 0.717) is 0 Å². The summed E-state index contributed by atoms with van der Waals surface area (Å²) in [5.41, 5.74) is 0. The average Bonchev–Trinajstić information content (AvgIpc) is 2.41. The van der Waals surface area contributed by atoms with Crippen LogP contribution in [0.3, 0.4) is 0 Å². The number of hydrogen-bond acceptors (Lipinski definition) is 5. The van der Waals surface area contributed by atoms with Gasteiger partial charge in [-0.25, -0.2) is 11.4 Å². The molecule has 0 aromatic heterocycles. The van der Waals surface area contributed by atoms with E-state index in [4.69, 9.17) is 16.8 Å².